The molecule has 0 aliphatic heterocycles. The minimum atomic E-state index is -0.265. The largest absolute Gasteiger partial charge is 0.326 e. The Balaban J connectivity index is 0. The summed E-state index contributed by atoms with van der Waals surface area (Å²) in [5.41, 5.74) is 4.49. The van der Waals surface area contributed by atoms with Crippen molar-refractivity contribution < 1.29 is 4.79 Å². The minimum absolute atomic E-state index is 0.0640. The standard InChI is InChI=1S/C18H22N4O.3C2H6/c1-6-16-17(7-2)21-22(20-16)11-14(5)18(23)19-15-9-8-12(3)13(4)10-15;3*1-2/h6-10,14H,1-2,11H2,3-5H3,(H,19,23);3*1-2H3. The maximum atomic E-state index is 12.3. The van der Waals surface area contributed by atoms with Gasteiger partial charge in [-0.1, -0.05) is 67.7 Å². The second kappa shape index (κ2) is 16.3. The van der Waals surface area contributed by atoms with E-state index in [9.17, 15) is 4.79 Å². The number of carbonyl (C=O) groups excluding carboxylic acids is 1. The molecule has 1 N–H and O–H groups in total. The van der Waals surface area contributed by atoms with Crippen LogP contribution in [0.3, 0.4) is 0 Å². The van der Waals surface area contributed by atoms with Crippen molar-refractivity contribution in [3.05, 3.63) is 53.9 Å². The average Bonchev–Trinajstić information content (AvgIpc) is 3.17. The van der Waals surface area contributed by atoms with E-state index in [1.807, 2.05) is 80.5 Å². The Bertz CT molecular complexity index is 722. The lowest BCUT2D eigenvalue weighted by Gasteiger charge is -2.12. The lowest BCUT2D eigenvalue weighted by molar-refractivity contribution is -0.119. The van der Waals surface area contributed by atoms with Gasteiger partial charge in [0.1, 0.15) is 11.4 Å². The molecule has 2 rings (SSSR count). The monoisotopic (exact) mass is 400 g/mol. The summed E-state index contributed by atoms with van der Waals surface area (Å²) >= 11 is 0. The fourth-order valence-electron chi connectivity index (χ4n) is 2.16. The van der Waals surface area contributed by atoms with Gasteiger partial charge in [-0.05, 0) is 49.3 Å². The molecule has 0 fully saturated rings. The normalized spacial score (nSPS) is 9.97. The van der Waals surface area contributed by atoms with E-state index in [0.717, 1.165) is 11.3 Å². The highest BCUT2D eigenvalue weighted by molar-refractivity contribution is 5.92. The van der Waals surface area contributed by atoms with Gasteiger partial charge in [0.25, 0.3) is 0 Å². The van der Waals surface area contributed by atoms with Crippen LogP contribution in [0.2, 0.25) is 0 Å². The van der Waals surface area contributed by atoms with Gasteiger partial charge in [0.2, 0.25) is 5.91 Å². The number of hydrogen-bond donors (Lipinski definition) is 1. The molecule has 0 saturated heterocycles. The average molecular weight is 401 g/mol. The topological polar surface area (TPSA) is 59.8 Å². The molecule has 1 unspecified atom stereocenters. The van der Waals surface area contributed by atoms with E-state index in [0.29, 0.717) is 17.9 Å². The third-order valence-electron chi connectivity index (χ3n) is 3.75. The Morgan fingerprint density at radius 2 is 1.48 bits per heavy atom. The van der Waals surface area contributed by atoms with E-state index in [4.69, 9.17) is 0 Å². The van der Waals surface area contributed by atoms with E-state index in [1.54, 1.807) is 12.2 Å². The zero-order chi connectivity index (χ0) is 23.0. The SMILES string of the molecule is C=Cc1nn(CC(C)C(=O)Nc2ccc(C)c(C)c2)nc1C=C.CC.CC.CC. The summed E-state index contributed by atoms with van der Waals surface area (Å²) in [5.74, 6) is -0.329. The van der Waals surface area contributed by atoms with Gasteiger partial charge in [0.05, 0.1) is 12.5 Å². The Morgan fingerprint density at radius 3 is 1.90 bits per heavy atom. The first kappa shape index (κ1) is 28.5. The lowest BCUT2D eigenvalue weighted by Crippen LogP contribution is -2.25. The summed E-state index contributed by atoms with van der Waals surface area (Å²) in [6.45, 7) is 25.7. The van der Waals surface area contributed by atoms with Crippen molar-refractivity contribution in [2.24, 2.45) is 5.92 Å². The van der Waals surface area contributed by atoms with Gasteiger partial charge in [-0.15, -0.1) is 0 Å². The van der Waals surface area contributed by atoms with Gasteiger partial charge in [-0.25, -0.2) is 0 Å². The molecule has 5 heteroatoms. The first-order valence-corrected chi connectivity index (χ1v) is 10.5. The van der Waals surface area contributed by atoms with Crippen LogP contribution in [0.1, 0.15) is 71.0 Å². The minimum Gasteiger partial charge on any atom is -0.326 e. The number of nitrogens with zero attached hydrogens (tertiary/aromatic N) is 3. The molecule has 1 aromatic carbocycles. The summed E-state index contributed by atoms with van der Waals surface area (Å²) in [7, 11) is 0. The molecule has 1 amide bonds. The quantitative estimate of drug-likeness (QED) is 0.599. The molecule has 1 aromatic heterocycles. The summed E-state index contributed by atoms with van der Waals surface area (Å²) in [4.78, 5) is 13.8. The van der Waals surface area contributed by atoms with E-state index in [1.165, 1.54) is 10.4 Å². The highest BCUT2D eigenvalue weighted by Gasteiger charge is 2.16. The van der Waals surface area contributed by atoms with E-state index in [-0.39, 0.29) is 11.8 Å². The van der Waals surface area contributed by atoms with Crippen LogP contribution in [0, 0.1) is 19.8 Å². The number of carbonyl (C=O) groups is 1. The van der Waals surface area contributed by atoms with E-state index < -0.39 is 0 Å². The van der Waals surface area contributed by atoms with Crippen LogP contribution in [0.4, 0.5) is 5.69 Å². The molecule has 2 aromatic rings. The zero-order valence-electron chi connectivity index (χ0n) is 19.8. The number of nitrogens with one attached hydrogen (secondary N) is 1. The number of aryl methyl sites for hydroxylation is 2. The maximum Gasteiger partial charge on any atom is 0.229 e. The molecule has 0 aliphatic carbocycles. The fraction of sp³-hybridized carbons (Fsp3) is 0.458. The Kier molecular flexibility index (Phi) is 16.0. The molecule has 0 aliphatic rings. The number of rotatable bonds is 6. The summed E-state index contributed by atoms with van der Waals surface area (Å²) in [6.07, 6.45) is 3.25. The first-order valence-electron chi connectivity index (χ1n) is 10.5. The van der Waals surface area contributed by atoms with Crippen molar-refractivity contribution in [1.82, 2.24) is 15.0 Å². The van der Waals surface area contributed by atoms with E-state index in [2.05, 4.69) is 28.7 Å². The van der Waals surface area contributed by atoms with Crippen LogP contribution in [0.5, 0.6) is 0 Å². The van der Waals surface area contributed by atoms with E-state index >= 15 is 0 Å². The van der Waals surface area contributed by atoms with Crippen LogP contribution in [0.25, 0.3) is 12.2 Å². The number of benzene rings is 1. The third-order valence-corrected chi connectivity index (χ3v) is 3.75. The number of hydrogen-bond acceptors (Lipinski definition) is 3. The summed E-state index contributed by atoms with van der Waals surface area (Å²) < 4.78 is 0. The molecular weight excluding hydrogens is 360 g/mol. The van der Waals surface area contributed by atoms with Crippen molar-refractivity contribution in [2.75, 3.05) is 5.32 Å². The molecule has 0 bridgehead atoms. The maximum absolute atomic E-state index is 12.3. The van der Waals surface area contributed by atoms with Crippen LogP contribution in [-0.2, 0) is 11.3 Å². The number of amides is 1. The predicted octanol–water partition coefficient (Wildman–Crippen LogP) is 6.53. The van der Waals surface area contributed by atoms with Crippen molar-refractivity contribution >= 4 is 23.7 Å². The summed E-state index contributed by atoms with van der Waals surface area (Å²) in [6, 6.07) is 5.87. The third kappa shape index (κ3) is 9.37. The molecular formula is C24H40N4O. The molecule has 1 heterocycles. The molecule has 162 valence electrons. The molecule has 29 heavy (non-hydrogen) atoms. The van der Waals surface area contributed by atoms with Crippen LogP contribution in [0.15, 0.2) is 31.4 Å². The Hall–Kier alpha value is -2.69. The van der Waals surface area contributed by atoms with Gasteiger partial charge in [-0.2, -0.15) is 15.0 Å². The molecule has 0 spiro atoms. The molecule has 0 saturated carbocycles. The lowest BCUT2D eigenvalue weighted by atomic mass is 10.1. The van der Waals surface area contributed by atoms with Crippen LogP contribution >= 0.6 is 0 Å². The predicted molar refractivity (Wildman–Crippen MR) is 128 cm³/mol. The van der Waals surface area contributed by atoms with Gasteiger partial charge in [0.15, 0.2) is 0 Å². The second-order valence-electron chi connectivity index (χ2n) is 5.62. The number of aromatic nitrogens is 3. The number of anilines is 1. The van der Waals surface area contributed by atoms with Gasteiger partial charge in [0, 0.05) is 5.69 Å². The first-order chi connectivity index (χ1) is 13.9. The van der Waals surface area contributed by atoms with Crippen molar-refractivity contribution in [1.29, 1.82) is 0 Å². The smallest absolute Gasteiger partial charge is 0.229 e. The zero-order valence-corrected chi connectivity index (χ0v) is 19.8. The second-order valence-corrected chi connectivity index (χ2v) is 5.62. The van der Waals surface area contributed by atoms with Gasteiger partial charge in [-0.3, -0.25) is 4.79 Å². The van der Waals surface area contributed by atoms with Gasteiger partial charge >= 0.3 is 0 Å². The van der Waals surface area contributed by atoms with Crippen molar-refractivity contribution in [3.63, 3.8) is 0 Å². The van der Waals surface area contributed by atoms with Crippen LogP contribution < -0.4 is 5.32 Å². The highest BCUT2D eigenvalue weighted by atomic mass is 16.1. The summed E-state index contributed by atoms with van der Waals surface area (Å²) in [5, 5.41) is 11.5. The van der Waals surface area contributed by atoms with Gasteiger partial charge < -0.3 is 5.32 Å². The van der Waals surface area contributed by atoms with Crippen molar-refractivity contribution in [3.8, 4) is 0 Å². The van der Waals surface area contributed by atoms with Crippen LogP contribution in [-0.4, -0.2) is 20.9 Å². The Labute approximate surface area is 177 Å². The fourth-order valence-corrected chi connectivity index (χ4v) is 2.16. The highest BCUT2D eigenvalue weighted by Crippen LogP contribution is 2.15. The molecule has 1 atom stereocenters. The molecule has 5 nitrogen and oxygen atoms in total. The molecule has 0 radical (unpaired) electrons. The Morgan fingerprint density at radius 1 is 1.00 bits per heavy atom. The van der Waals surface area contributed by atoms with Crippen molar-refractivity contribution in [2.45, 2.75) is 68.9 Å².